The van der Waals surface area contributed by atoms with E-state index in [1.165, 1.54) is 6.92 Å². The van der Waals surface area contributed by atoms with E-state index in [2.05, 4.69) is 72.8 Å². The fraction of sp³-hybridized carbons (Fsp3) is 0.630. The van der Waals surface area contributed by atoms with Gasteiger partial charge in [-0.25, -0.2) is 4.79 Å². The van der Waals surface area contributed by atoms with Crippen molar-refractivity contribution in [2.75, 3.05) is 18.1 Å². The molecule has 1 aromatic rings. The molecular formula is C46H77N13O11S2. The van der Waals surface area contributed by atoms with Gasteiger partial charge in [-0.2, -0.15) is 25.3 Å². The molecule has 0 unspecified atom stereocenters. The first-order valence-corrected chi connectivity index (χ1v) is 25.0. The lowest BCUT2D eigenvalue weighted by atomic mass is 9.96. The predicted octanol–water partition coefficient (Wildman–Crippen LogP) is -2.53. The highest BCUT2D eigenvalue weighted by molar-refractivity contribution is 7.80. The molecule has 0 heterocycles. The molecule has 0 aliphatic rings. The van der Waals surface area contributed by atoms with Gasteiger partial charge in [0, 0.05) is 24.5 Å². The summed E-state index contributed by atoms with van der Waals surface area (Å²) in [7, 11) is 0. The zero-order chi connectivity index (χ0) is 54.8. The average Bonchev–Trinajstić information content (AvgIpc) is 3.31. The third kappa shape index (κ3) is 23.8. The third-order valence-corrected chi connectivity index (χ3v) is 11.8. The molecule has 0 spiro atoms. The Morgan fingerprint density at radius 1 is 0.583 bits per heavy atom. The molecule has 0 bridgehead atoms. The maximum Gasteiger partial charge on any atom is 0.327 e. The summed E-state index contributed by atoms with van der Waals surface area (Å²) >= 11 is 8.04. The zero-order valence-electron chi connectivity index (χ0n) is 42.1. The minimum Gasteiger partial charge on any atom is -0.480 e. The van der Waals surface area contributed by atoms with Gasteiger partial charge in [0.05, 0.1) is 12.5 Å². The Bertz CT molecular complexity index is 2030. The van der Waals surface area contributed by atoms with Crippen LogP contribution in [0.5, 0.6) is 0 Å². The van der Waals surface area contributed by atoms with Gasteiger partial charge in [0.25, 0.3) is 0 Å². The number of nitrogens with one attached hydrogen (secondary N) is 8. The number of carbonyl (C=O) groups is 10. The van der Waals surface area contributed by atoms with E-state index in [4.69, 9.17) is 22.9 Å². The van der Waals surface area contributed by atoms with Gasteiger partial charge in [-0.1, -0.05) is 78.3 Å². The number of nitrogens with zero attached hydrogens (tertiary/aromatic N) is 1. The maximum absolute atomic E-state index is 14.0. The number of amides is 9. The second kappa shape index (κ2) is 32.7. The highest BCUT2D eigenvalue weighted by Gasteiger charge is 2.36. The number of carbonyl (C=O) groups excluding carboxylic acids is 9. The number of rotatable bonds is 33. The Hall–Kier alpha value is -6.15. The van der Waals surface area contributed by atoms with Gasteiger partial charge in [-0.15, -0.1) is 0 Å². The van der Waals surface area contributed by atoms with Crippen LogP contribution in [0, 0.1) is 17.8 Å². The number of aliphatic carboxylic acids is 1. The summed E-state index contributed by atoms with van der Waals surface area (Å²) in [5.74, 6) is -10.1. The molecule has 0 saturated heterocycles. The van der Waals surface area contributed by atoms with Crippen molar-refractivity contribution in [3.63, 3.8) is 0 Å². The van der Waals surface area contributed by atoms with Crippen LogP contribution < -0.4 is 65.5 Å². The standard InChI is InChI=1S/C46H77N13O11S2/c1-8-25(6)36(44(68)53-29(15-12-16-51-46(49)50)39(63)58-34(22-72)45(69)70)59-43(67)31(18-24(4)5)54-37(61)26(7)52-40(64)33(20-35(48)60)57-42(66)32(19-27-13-10-9-11-14-27)56-41(65)30(17-23(2)3)55-38(62)28(47)21-71/h9-11,13-14,23-26,28-34,36,71-72H,8,12,15-22,47H2,1-7H3,(H2,48,60)(H,52,64)(H,53,68)(H,54,61)(H,55,62)(H,56,65)(H,57,66)(H,58,63)(H,59,67)(H,69,70)(H4,49,50,51)/t25-,26-,28-,29-,30-,31-,32-,33-,34-,36-/m0/s1. The van der Waals surface area contributed by atoms with Gasteiger partial charge < -0.3 is 70.6 Å². The van der Waals surface area contributed by atoms with E-state index in [1.54, 1.807) is 58.0 Å². The van der Waals surface area contributed by atoms with Gasteiger partial charge >= 0.3 is 5.97 Å². The summed E-state index contributed by atoms with van der Waals surface area (Å²) in [6.07, 6.45) is -0.0278. The maximum atomic E-state index is 14.0. The molecule has 0 aromatic heterocycles. The summed E-state index contributed by atoms with van der Waals surface area (Å²) in [5, 5.41) is 29.9. The minimum absolute atomic E-state index is 0.00539. The Morgan fingerprint density at radius 2 is 1.06 bits per heavy atom. The molecule has 9 amide bonds. The van der Waals surface area contributed by atoms with Gasteiger partial charge in [0.15, 0.2) is 5.96 Å². The molecule has 0 fully saturated rings. The number of carboxylic acids is 1. The Morgan fingerprint density at radius 3 is 1.56 bits per heavy atom. The van der Waals surface area contributed by atoms with Crippen LogP contribution in [0.2, 0.25) is 0 Å². The second-order valence-electron chi connectivity index (χ2n) is 18.3. The average molecular weight is 1050 g/mol. The highest BCUT2D eigenvalue weighted by Crippen LogP contribution is 2.14. The molecule has 1 aromatic carbocycles. The van der Waals surface area contributed by atoms with Crippen molar-refractivity contribution in [2.24, 2.45) is 45.7 Å². The fourth-order valence-electron chi connectivity index (χ4n) is 6.91. The van der Waals surface area contributed by atoms with E-state index in [9.17, 15) is 53.1 Å². The van der Waals surface area contributed by atoms with Gasteiger partial charge in [0.1, 0.15) is 48.3 Å². The van der Waals surface area contributed by atoms with Gasteiger partial charge in [0.2, 0.25) is 53.2 Å². The van der Waals surface area contributed by atoms with Crippen molar-refractivity contribution in [1.29, 1.82) is 0 Å². The number of aliphatic imine (C=N–C) groups is 1. The van der Waals surface area contributed by atoms with Crippen LogP contribution in [0.3, 0.4) is 0 Å². The molecule has 1 rings (SSSR count). The van der Waals surface area contributed by atoms with Crippen molar-refractivity contribution in [2.45, 2.75) is 148 Å². The molecule has 10 atom stereocenters. The number of nitrogens with two attached hydrogens (primary N) is 4. The van der Waals surface area contributed by atoms with Crippen molar-refractivity contribution in [3.8, 4) is 0 Å². The molecule has 0 aliphatic heterocycles. The van der Waals surface area contributed by atoms with Gasteiger partial charge in [-0.3, -0.25) is 48.1 Å². The third-order valence-electron chi connectivity index (χ3n) is 11.1. The number of hydrogen-bond donors (Lipinski definition) is 15. The van der Waals surface area contributed by atoms with E-state index in [-0.39, 0.29) is 67.9 Å². The highest BCUT2D eigenvalue weighted by atomic mass is 32.1. The number of thiol groups is 2. The van der Waals surface area contributed by atoms with E-state index >= 15 is 0 Å². The molecule has 17 N–H and O–H groups in total. The lowest BCUT2D eigenvalue weighted by molar-refractivity contribution is -0.141. The molecule has 0 aliphatic carbocycles. The van der Waals surface area contributed by atoms with E-state index in [0.29, 0.717) is 12.0 Å². The number of hydrogen-bond acceptors (Lipinski definition) is 14. The largest absolute Gasteiger partial charge is 0.480 e. The van der Waals surface area contributed by atoms with Crippen LogP contribution in [-0.4, -0.2) is 143 Å². The normalized spacial score (nSPS) is 15.3. The molecule has 0 saturated carbocycles. The smallest absolute Gasteiger partial charge is 0.327 e. The van der Waals surface area contributed by atoms with Crippen LogP contribution in [0.4, 0.5) is 0 Å². The number of guanidine groups is 1. The fourth-order valence-corrected chi connectivity index (χ4v) is 7.32. The van der Waals surface area contributed by atoms with Crippen molar-refractivity contribution >= 4 is 90.4 Å². The van der Waals surface area contributed by atoms with Gasteiger partial charge in [-0.05, 0) is 55.9 Å². The van der Waals surface area contributed by atoms with E-state index in [1.807, 2.05) is 13.8 Å². The first-order valence-electron chi connectivity index (χ1n) is 23.7. The number of carboxylic acid groups (broad SMARTS) is 1. The minimum atomic E-state index is -1.66. The van der Waals surface area contributed by atoms with Crippen LogP contribution in [-0.2, 0) is 54.4 Å². The monoisotopic (exact) mass is 1050 g/mol. The molecular weight excluding hydrogens is 975 g/mol. The zero-order valence-corrected chi connectivity index (χ0v) is 43.9. The predicted molar refractivity (Wildman–Crippen MR) is 277 cm³/mol. The van der Waals surface area contributed by atoms with Crippen molar-refractivity contribution in [3.05, 3.63) is 35.9 Å². The number of primary amides is 1. The first-order chi connectivity index (χ1) is 33.7. The Labute approximate surface area is 431 Å². The molecule has 26 heteroatoms. The second-order valence-corrected chi connectivity index (χ2v) is 19.1. The Balaban J connectivity index is 3.39. The topological polar surface area (TPSA) is 404 Å². The van der Waals surface area contributed by atoms with E-state index < -0.39 is 126 Å². The Kier molecular flexibility index (Phi) is 29.0. The summed E-state index contributed by atoms with van der Waals surface area (Å²) in [6, 6.07) is -3.15. The van der Waals surface area contributed by atoms with Crippen LogP contribution in [0.15, 0.2) is 35.3 Å². The SMILES string of the molecule is CC[C@H](C)[C@H](NC(=O)[C@H](CC(C)C)NC(=O)[C@H](C)NC(=O)[C@H](CC(N)=O)NC(=O)[C@H](Cc1ccccc1)NC(=O)[C@H](CC(C)C)NC(=O)[C@@H](N)CS)C(=O)N[C@@H](CCCN=C(N)N)C(=O)N[C@@H](CS)C(=O)O. The first kappa shape index (κ1) is 63.9. The lowest BCUT2D eigenvalue weighted by Gasteiger charge is -2.29. The van der Waals surface area contributed by atoms with E-state index in [0.717, 1.165) is 0 Å². The summed E-state index contributed by atoms with van der Waals surface area (Å²) in [5.41, 5.74) is 22.8. The molecule has 72 heavy (non-hydrogen) atoms. The molecule has 0 radical (unpaired) electrons. The van der Waals surface area contributed by atoms with Crippen molar-refractivity contribution in [1.82, 2.24) is 42.5 Å². The van der Waals surface area contributed by atoms with Crippen molar-refractivity contribution < 1.29 is 53.1 Å². The molecule has 404 valence electrons. The molecule has 24 nitrogen and oxygen atoms in total. The lowest BCUT2D eigenvalue weighted by Crippen LogP contribution is -2.61. The number of benzene rings is 1. The van der Waals surface area contributed by atoms with Crippen LogP contribution in [0.25, 0.3) is 0 Å². The quantitative estimate of drug-likeness (QED) is 0.0149. The van der Waals surface area contributed by atoms with Crippen LogP contribution >= 0.6 is 25.3 Å². The summed E-state index contributed by atoms with van der Waals surface area (Å²) < 4.78 is 0. The summed E-state index contributed by atoms with van der Waals surface area (Å²) in [4.78, 5) is 137. The van der Waals surface area contributed by atoms with Crippen LogP contribution in [0.1, 0.15) is 92.6 Å². The summed E-state index contributed by atoms with van der Waals surface area (Å²) in [6.45, 7) is 12.0.